The number of allylic oxidation sites excluding steroid dienone is 1. The standard InChI is InChI=1S/C17H19ClN2O3S/c1-17(2,3)13(21)8-16-20(15(23)10-24-16)9-14(22)19-12-7-5-4-6-11(12)18/h4-8H,9-10H2,1-3H3,(H,19,22). The van der Waals surface area contributed by atoms with Gasteiger partial charge in [0.1, 0.15) is 6.54 Å². The molecule has 2 amide bonds. The summed E-state index contributed by atoms with van der Waals surface area (Å²) in [6, 6.07) is 6.87. The topological polar surface area (TPSA) is 66.5 Å². The van der Waals surface area contributed by atoms with Crippen LogP contribution in [0.15, 0.2) is 35.4 Å². The molecule has 2 rings (SSSR count). The molecule has 24 heavy (non-hydrogen) atoms. The number of thioether (sulfide) groups is 1. The largest absolute Gasteiger partial charge is 0.323 e. The van der Waals surface area contributed by atoms with E-state index < -0.39 is 5.41 Å². The highest BCUT2D eigenvalue weighted by atomic mass is 35.5. The first-order valence-electron chi connectivity index (χ1n) is 7.42. The number of hydrogen-bond acceptors (Lipinski definition) is 4. The van der Waals surface area contributed by atoms with Crippen LogP contribution in [0.3, 0.4) is 0 Å². The zero-order valence-corrected chi connectivity index (χ0v) is 15.3. The van der Waals surface area contributed by atoms with Gasteiger partial charge in [-0.15, -0.1) is 0 Å². The molecular formula is C17H19ClN2O3S. The van der Waals surface area contributed by atoms with Crippen molar-refractivity contribution in [3.63, 3.8) is 0 Å². The highest BCUT2D eigenvalue weighted by Crippen LogP contribution is 2.30. The van der Waals surface area contributed by atoms with Crippen LogP contribution in [0.1, 0.15) is 20.8 Å². The van der Waals surface area contributed by atoms with Gasteiger partial charge >= 0.3 is 0 Å². The summed E-state index contributed by atoms with van der Waals surface area (Å²) in [5.74, 6) is -0.422. The van der Waals surface area contributed by atoms with Crippen molar-refractivity contribution in [2.75, 3.05) is 17.6 Å². The maximum Gasteiger partial charge on any atom is 0.244 e. The van der Waals surface area contributed by atoms with E-state index in [9.17, 15) is 14.4 Å². The minimum Gasteiger partial charge on any atom is -0.323 e. The van der Waals surface area contributed by atoms with Crippen molar-refractivity contribution in [1.29, 1.82) is 0 Å². The number of ketones is 1. The predicted octanol–water partition coefficient (Wildman–Crippen LogP) is 3.31. The number of hydrogen-bond donors (Lipinski definition) is 1. The van der Waals surface area contributed by atoms with Gasteiger partial charge in [0.15, 0.2) is 5.78 Å². The van der Waals surface area contributed by atoms with Gasteiger partial charge in [-0.1, -0.05) is 56.3 Å². The molecule has 1 heterocycles. The fourth-order valence-electron chi connectivity index (χ4n) is 1.92. The van der Waals surface area contributed by atoms with Gasteiger partial charge in [-0.2, -0.15) is 0 Å². The number of nitrogens with one attached hydrogen (secondary N) is 1. The van der Waals surface area contributed by atoms with E-state index in [-0.39, 0.29) is 29.9 Å². The maximum absolute atomic E-state index is 12.2. The van der Waals surface area contributed by atoms with Crippen LogP contribution in [0, 0.1) is 5.41 Å². The maximum atomic E-state index is 12.2. The summed E-state index contributed by atoms with van der Waals surface area (Å²) in [6.45, 7) is 5.27. The molecule has 1 aromatic carbocycles. The molecule has 1 aliphatic heterocycles. The quantitative estimate of drug-likeness (QED) is 0.830. The molecule has 0 saturated carbocycles. The summed E-state index contributed by atoms with van der Waals surface area (Å²) in [5, 5.41) is 3.61. The Morgan fingerprint density at radius 2 is 2.00 bits per heavy atom. The smallest absolute Gasteiger partial charge is 0.244 e. The number of rotatable bonds is 4. The van der Waals surface area contributed by atoms with Crippen molar-refractivity contribution in [2.24, 2.45) is 5.41 Å². The van der Waals surface area contributed by atoms with E-state index in [0.717, 1.165) is 0 Å². The first kappa shape index (κ1) is 18.5. The average molecular weight is 367 g/mol. The van der Waals surface area contributed by atoms with Gasteiger partial charge in [-0.05, 0) is 12.1 Å². The first-order chi connectivity index (χ1) is 11.2. The van der Waals surface area contributed by atoms with E-state index in [2.05, 4.69) is 5.32 Å². The molecule has 0 atom stereocenters. The highest BCUT2D eigenvalue weighted by Gasteiger charge is 2.30. The number of carbonyl (C=O) groups is 3. The van der Waals surface area contributed by atoms with E-state index >= 15 is 0 Å². The second-order valence-electron chi connectivity index (χ2n) is 6.39. The van der Waals surface area contributed by atoms with Gasteiger partial charge in [0.05, 0.1) is 21.5 Å². The number of para-hydroxylation sites is 1. The summed E-state index contributed by atoms with van der Waals surface area (Å²) in [5.41, 5.74) is -0.0511. The summed E-state index contributed by atoms with van der Waals surface area (Å²) in [7, 11) is 0. The minimum atomic E-state index is -0.537. The molecule has 0 unspecified atom stereocenters. The fourth-order valence-corrected chi connectivity index (χ4v) is 3.05. The Kier molecular flexibility index (Phi) is 5.72. The summed E-state index contributed by atoms with van der Waals surface area (Å²) < 4.78 is 0. The lowest BCUT2D eigenvalue weighted by Gasteiger charge is -2.19. The Bertz CT molecular complexity index is 710. The molecule has 1 aliphatic rings. The number of halogens is 1. The lowest BCUT2D eigenvalue weighted by molar-refractivity contribution is -0.129. The van der Waals surface area contributed by atoms with E-state index in [1.807, 2.05) is 20.8 Å². The van der Waals surface area contributed by atoms with Crippen LogP contribution in [0.2, 0.25) is 5.02 Å². The third-order valence-corrected chi connectivity index (χ3v) is 4.71. The Hall–Kier alpha value is -1.79. The monoisotopic (exact) mass is 366 g/mol. The van der Waals surface area contributed by atoms with Crippen molar-refractivity contribution >= 4 is 46.6 Å². The molecule has 0 radical (unpaired) electrons. The molecule has 1 fully saturated rings. The normalized spacial score (nSPS) is 16.6. The molecule has 5 nitrogen and oxygen atoms in total. The van der Waals surface area contributed by atoms with Crippen LogP contribution in [0.25, 0.3) is 0 Å². The van der Waals surface area contributed by atoms with Crippen molar-refractivity contribution in [1.82, 2.24) is 4.90 Å². The van der Waals surface area contributed by atoms with E-state index in [1.54, 1.807) is 24.3 Å². The molecule has 0 bridgehead atoms. The number of amides is 2. The molecule has 7 heteroatoms. The molecule has 1 aromatic rings. The fraction of sp³-hybridized carbons (Fsp3) is 0.353. The van der Waals surface area contributed by atoms with Crippen LogP contribution in [-0.2, 0) is 14.4 Å². The number of nitrogens with zero attached hydrogens (tertiary/aromatic N) is 1. The van der Waals surface area contributed by atoms with Crippen molar-refractivity contribution < 1.29 is 14.4 Å². The van der Waals surface area contributed by atoms with Gasteiger partial charge in [0.2, 0.25) is 11.8 Å². The van der Waals surface area contributed by atoms with Crippen LogP contribution in [0.4, 0.5) is 5.69 Å². The van der Waals surface area contributed by atoms with Crippen molar-refractivity contribution in [2.45, 2.75) is 20.8 Å². The van der Waals surface area contributed by atoms with Crippen molar-refractivity contribution in [3.8, 4) is 0 Å². The molecule has 0 spiro atoms. The Morgan fingerprint density at radius 1 is 1.33 bits per heavy atom. The van der Waals surface area contributed by atoms with Crippen LogP contribution < -0.4 is 5.32 Å². The summed E-state index contributed by atoms with van der Waals surface area (Å²) in [6.07, 6.45) is 1.44. The highest BCUT2D eigenvalue weighted by molar-refractivity contribution is 8.04. The molecule has 0 aromatic heterocycles. The predicted molar refractivity (Wildman–Crippen MR) is 96.8 cm³/mol. The molecule has 0 aliphatic carbocycles. The summed E-state index contributed by atoms with van der Waals surface area (Å²) >= 11 is 7.27. The van der Waals surface area contributed by atoms with E-state index in [4.69, 9.17) is 11.6 Å². The molecule has 128 valence electrons. The SMILES string of the molecule is CC(C)(C)C(=O)C=C1SCC(=O)N1CC(=O)Nc1ccccc1Cl. The van der Waals surface area contributed by atoms with Gasteiger partial charge in [-0.25, -0.2) is 0 Å². The molecular weight excluding hydrogens is 348 g/mol. The molecule has 1 saturated heterocycles. The van der Waals surface area contributed by atoms with Crippen LogP contribution >= 0.6 is 23.4 Å². The average Bonchev–Trinajstić information content (AvgIpc) is 2.81. The van der Waals surface area contributed by atoms with Gasteiger partial charge in [0.25, 0.3) is 0 Å². The van der Waals surface area contributed by atoms with Gasteiger partial charge in [0, 0.05) is 11.5 Å². The third-order valence-electron chi connectivity index (χ3n) is 3.35. The van der Waals surface area contributed by atoms with Gasteiger partial charge in [-0.3, -0.25) is 19.3 Å². The zero-order valence-electron chi connectivity index (χ0n) is 13.8. The first-order valence-corrected chi connectivity index (χ1v) is 8.78. The van der Waals surface area contributed by atoms with Crippen molar-refractivity contribution in [3.05, 3.63) is 40.4 Å². The molecule has 1 N–H and O–H groups in total. The van der Waals surface area contributed by atoms with Crippen LogP contribution in [0.5, 0.6) is 0 Å². The lowest BCUT2D eigenvalue weighted by atomic mass is 9.91. The second kappa shape index (κ2) is 7.40. The number of anilines is 1. The Balaban J connectivity index is 2.10. The number of carbonyl (C=O) groups excluding carboxylic acids is 3. The Morgan fingerprint density at radius 3 is 2.62 bits per heavy atom. The third kappa shape index (κ3) is 4.61. The van der Waals surface area contributed by atoms with Crippen LogP contribution in [-0.4, -0.2) is 34.8 Å². The number of benzene rings is 1. The Labute approximate surface area is 150 Å². The van der Waals surface area contributed by atoms with Gasteiger partial charge < -0.3 is 5.32 Å². The summed E-state index contributed by atoms with van der Waals surface area (Å²) in [4.78, 5) is 37.7. The zero-order chi connectivity index (χ0) is 17.9. The van der Waals surface area contributed by atoms with E-state index in [0.29, 0.717) is 15.7 Å². The lowest BCUT2D eigenvalue weighted by Crippen LogP contribution is -2.34. The minimum absolute atomic E-state index is 0.0868. The van der Waals surface area contributed by atoms with E-state index in [1.165, 1.54) is 22.7 Å². The second-order valence-corrected chi connectivity index (χ2v) is 7.80.